The van der Waals surface area contributed by atoms with Crippen LogP contribution in [0.15, 0.2) is 30.3 Å². The van der Waals surface area contributed by atoms with Crippen molar-refractivity contribution in [3.63, 3.8) is 0 Å². The molecule has 1 aliphatic rings. The van der Waals surface area contributed by atoms with Gasteiger partial charge < -0.3 is 15.0 Å². The van der Waals surface area contributed by atoms with Crippen molar-refractivity contribution in [2.24, 2.45) is 0 Å². The number of amides is 1. The number of carbonyl (C=O) groups is 1. The number of benzene rings is 1. The summed E-state index contributed by atoms with van der Waals surface area (Å²) in [6.45, 7) is -0.147. The Kier molecular flexibility index (Phi) is 2.98. The van der Waals surface area contributed by atoms with Crippen LogP contribution in [-0.2, 0) is 0 Å². The van der Waals surface area contributed by atoms with E-state index in [4.69, 9.17) is 0 Å². The molecule has 0 unspecified atom stereocenters. The number of likely N-dealkylation sites (tertiary alicyclic amines) is 1. The molecule has 0 aliphatic carbocycles. The third-order valence-electron chi connectivity index (χ3n) is 3.60. The summed E-state index contributed by atoms with van der Waals surface area (Å²) in [7, 11) is 0. The molecule has 1 fully saturated rings. The molecule has 1 aromatic heterocycles. The van der Waals surface area contributed by atoms with E-state index in [-0.39, 0.29) is 25.5 Å². The van der Waals surface area contributed by atoms with Gasteiger partial charge in [-0.2, -0.15) is 0 Å². The molecule has 1 amide bonds. The molecule has 0 saturated carbocycles. The van der Waals surface area contributed by atoms with Crippen molar-refractivity contribution in [2.75, 3.05) is 13.2 Å². The molecule has 19 heavy (non-hydrogen) atoms. The quantitative estimate of drug-likeness (QED) is 0.865. The van der Waals surface area contributed by atoms with Gasteiger partial charge in [-0.15, -0.1) is 0 Å². The zero-order valence-electron chi connectivity index (χ0n) is 10.3. The van der Waals surface area contributed by atoms with Crippen molar-refractivity contribution in [2.45, 2.75) is 18.6 Å². The molecular formula is C14H15FN2O2. The number of aliphatic hydroxyl groups is 1. The van der Waals surface area contributed by atoms with Gasteiger partial charge in [-0.1, -0.05) is 18.2 Å². The zero-order valence-corrected chi connectivity index (χ0v) is 10.3. The van der Waals surface area contributed by atoms with Gasteiger partial charge in [-0.05, 0) is 12.1 Å². The maximum absolute atomic E-state index is 13.4. The van der Waals surface area contributed by atoms with Gasteiger partial charge in [0.15, 0.2) is 0 Å². The number of fused-ring (bicyclic) bond motifs is 1. The number of aliphatic hydroxyl groups excluding tert-OH is 1. The second-order valence-electron chi connectivity index (χ2n) is 4.90. The Morgan fingerprint density at radius 2 is 2.26 bits per heavy atom. The number of nitrogens with one attached hydrogen (secondary N) is 1. The van der Waals surface area contributed by atoms with E-state index >= 15 is 0 Å². The number of carbonyl (C=O) groups excluding carboxylic acids is 1. The van der Waals surface area contributed by atoms with E-state index in [9.17, 15) is 14.3 Å². The number of hydrogen-bond donors (Lipinski definition) is 2. The minimum absolute atomic E-state index is 0.0550. The first-order chi connectivity index (χ1) is 9.19. The molecule has 0 bridgehead atoms. The van der Waals surface area contributed by atoms with Crippen LogP contribution in [0.5, 0.6) is 0 Å². The van der Waals surface area contributed by atoms with Gasteiger partial charge in [0.05, 0.1) is 19.2 Å². The standard InChI is InChI=1S/C14H15FN2O2/c15-10-6-11(8-18)17(7-10)14(19)13-5-9-3-1-2-4-12(9)16-13/h1-5,10-11,16,18H,6-8H2/t10-,11-/m0/s1. The van der Waals surface area contributed by atoms with E-state index in [0.29, 0.717) is 5.69 Å². The summed E-state index contributed by atoms with van der Waals surface area (Å²) < 4.78 is 13.4. The highest BCUT2D eigenvalue weighted by Gasteiger charge is 2.35. The Hall–Kier alpha value is -1.88. The average molecular weight is 262 g/mol. The number of H-pyrrole nitrogens is 1. The van der Waals surface area contributed by atoms with Gasteiger partial charge in [0.1, 0.15) is 11.9 Å². The van der Waals surface area contributed by atoms with E-state index < -0.39 is 12.2 Å². The Balaban J connectivity index is 1.90. The molecule has 3 rings (SSSR count). The van der Waals surface area contributed by atoms with Crippen LogP contribution in [-0.4, -0.2) is 46.3 Å². The van der Waals surface area contributed by atoms with Crippen LogP contribution >= 0.6 is 0 Å². The number of para-hydroxylation sites is 1. The predicted molar refractivity (Wildman–Crippen MR) is 69.7 cm³/mol. The van der Waals surface area contributed by atoms with Gasteiger partial charge in [-0.3, -0.25) is 4.79 Å². The number of rotatable bonds is 2. The van der Waals surface area contributed by atoms with Crippen LogP contribution in [0.2, 0.25) is 0 Å². The summed E-state index contributed by atoms with van der Waals surface area (Å²) in [6.07, 6.45) is -0.840. The van der Waals surface area contributed by atoms with E-state index in [1.54, 1.807) is 6.07 Å². The minimum atomic E-state index is -1.05. The smallest absolute Gasteiger partial charge is 0.270 e. The lowest BCUT2D eigenvalue weighted by Crippen LogP contribution is -2.38. The molecule has 5 heteroatoms. The second-order valence-corrected chi connectivity index (χ2v) is 4.90. The Morgan fingerprint density at radius 3 is 3.00 bits per heavy atom. The predicted octanol–water partition coefficient (Wildman–Crippen LogP) is 1.71. The molecule has 0 radical (unpaired) electrons. The van der Waals surface area contributed by atoms with Crippen molar-refractivity contribution in [1.29, 1.82) is 0 Å². The van der Waals surface area contributed by atoms with Crippen LogP contribution in [0.3, 0.4) is 0 Å². The van der Waals surface area contributed by atoms with E-state index in [1.807, 2.05) is 24.3 Å². The van der Waals surface area contributed by atoms with Gasteiger partial charge in [0.25, 0.3) is 5.91 Å². The Labute approximate surface area is 109 Å². The maximum atomic E-state index is 13.4. The minimum Gasteiger partial charge on any atom is -0.394 e. The maximum Gasteiger partial charge on any atom is 0.270 e. The van der Waals surface area contributed by atoms with Crippen LogP contribution in [0.4, 0.5) is 4.39 Å². The average Bonchev–Trinajstić information content (AvgIpc) is 3.00. The first-order valence-electron chi connectivity index (χ1n) is 6.32. The van der Waals surface area contributed by atoms with Crippen molar-refractivity contribution in [1.82, 2.24) is 9.88 Å². The number of nitrogens with zero attached hydrogens (tertiary/aromatic N) is 1. The zero-order chi connectivity index (χ0) is 13.4. The van der Waals surface area contributed by atoms with Crippen LogP contribution in [0.1, 0.15) is 16.9 Å². The molecule has 1 saturated heterocycles. The van der Waals surface area contributed by atoms with Crippen LogP contribution in [0.25, 0.3) is 10.9 Å². The lowest BCUT2D eigenvalue weighted by Gasteiger charge is -2.21. The fourth-order valence-electron chi connectivity index (χ4n) is 2.62. The lowest BCUT2D eigenvalue weighted by molar-refractivity contribution is 0.0668. The Morgan fingerprint density at radius 1 is 1.47 bits per heavy atom. The van der Waals surface area contributed by atoms with Crippen molar-refractivity contribution < 1.29 is 14.3 Å². The van der Waals surface area contributed by atoms with E-state index in [2.05, 4.69) is 4.98 Å². The molecule has 1 aliphatic heterocycles. The van der Waals surface area contributed by atoms with E-state index in [1.165, 1.54) is 4.90 Å². The molecule has 2 atom stereocenters. The Bertz CT molecular complexity index is 577. The molecule has 2 aromatic rings. The molecule has 0 spiro atoms. The number of hydrogen-bond acceptors (Lipinski definition) is 2. The monoisotopic (exact) mass is 262 g/mol. The first-order valence-corrected chi connectivity index (χ1v) is 6.32. The van der Waals surface area contributed by atoms with Crippen molar-refractivity contribution >= 4 is 16.8 Å². The molecule has 2 heterocycles. The SMILES string of the molecule is O=C(c1cc2ccccc2[nH]1)N1C[C@@H](F)C[C@H]1CO. The molecule has 4 nitrogen and oxygen atoms in total. The molecule has 1 aromatic carbocycles. The summed E-state index contributed by atoms with van der Waals surface area (Å²) in [4.78, 5) is 16.8. The van der Waals surface area contributed by atoms with Gasteiger partial charge in [-0.25, -0.2) is 4.39 Å². The summed E-state index contributed by atoms with van der Waals surface area (Å²) >= 11 is 0. The highest BCUT2D eigenvalue weighted by atomic mass is 19.1. The largest absolute Gasteiger partial charge is 0.394 e. The number of aromatic nitrogens is 1. The molecule has 2 N–H and O–H groups in total. The number of alkyl halides is 1. The lowest BCUT2D eigenvalue weighted by atomic mass is 10.2. The third kappa shape index (κ3) is 2.10. The van der Waals surface area contributed by atoms with Crippen molar-refractivity contribution in [3.8, 4) is 0 Å². The number of halogens is 1. The first kappa shape index (κ1) is 12.2. The van der Waals surface area contributed by atoms with Crippen LogP contribution in [0, 0.1) is 0 Å². The van der Waals surface area contributed by atoms with Gasteiger partial charge in [0, 0.05) is 17.3 Å². The van der Waals surface area contributed by atoms with Crippen LogP contribution < -0.4 is 0 Å². The fraction of sp³-hybridized carbons (Fsp3) is 0.357. The highest BCUT2D eigenvalue weighted by Crippen LogP contribution is 2.23. The molecular weight excluding hydrogens is 247 g/mol. The van der Waals surface area contributed by atoms with Gasteiger partial charge >= 0.3 is 0 Å². The molecule has 100 valence electrons. The number of aromatic amines is 1. The van der Waals surface area contributed by atoms with E-state index in [0.717, 1.165) is 10.9 Å². The summed E-state index contributed by atoms with van der Waals surface area (Å²) in [5.41, 5.74) is 1.32. The summed E-state index contributed by atoms with van der Waals surface area (Å²) in [5.74, 6) is -0.254. The highest BCUT2D eigenvalue weighted by molar-refractivity contribution is 5.98. The third-order valence-corrected chi connectivity index (χ3v) is 3.60. The topological polar surface area (TPSA) is 56.3 Å². The second kappa shape index (κ2) is 4.66. The summed E-state index contributed by atoms with van der Waals surface area (Å²) in [6, 6.07) is 8.92. The summed E-state index contributed by atoms with van der Waals surface area (Å²) in [5, 5.41) is 10.2. The van der Waals surface area contributed by atoms with Crippen molar-refractivity contribution in [3.05, 3.63) is 36.0 Å². The fourth-order valence-corrected chi connectivity index (χ4v) is 2.62. The normalized spacial score (nSPS) is 23.2. The van der Waals surface area contributed by atoms with Gasteiger partial charge in [0.2, 0.25) is 0 Å².